The molecule has 0 aromatic carbocycles. The first-order chi connectivity index (χ1) is 16.1. The summed E-state index contributed by atoms with van der Waals surface area (Å²) in [4.78, 5) is 35.6. The lowest BCUT2D eigenvalue weighted by Gasteiger charge is -2.46. The molecule has 0 spiro atoms. The van der Waals surface area contributed by atoms with Gasteiger partial charge in [0, 0.05) is 12.0 Å². The van der Waals surface area contributed by atoms with Crippen molar-refractivity contribution in [1.82, 2.24) is 5.32 Å². The van der Waals surface area contributed by atoms with E-state index in [2.05, 4.69) is 26.1 Å². The number of carbonyl (C=O) groups is 2. The normalized spacial score (nSPS) is 17.3. The monoisotopic (exact) mass is 537 g/mol. The van der Waals surface area contributed by atoms with Crippen LogP contribution >= 0.6 is 7.82 Å². The van der Waals surface area contributed by atoms with E-state index in [4.69, 9.17) is 13.8 Å². The molecule has 3 atom stereocenters. The van der Waals surface area contributed by atoms with Crippen molar-refractivity contribution in [3.8, 4) is 0 Å². The molecule has 0 aliphatic rings. The molecule has 0 rings (SSSR count). The number of hydrogen-bond donors (Lipinski definition) is 2. The molecule has 214 valence electrons. The van der Waals surface area contributed by atoms with Gasteiger partial charge in [-0.2, -0.15) is 0 Å². The van der Waals surface area contributed by atoms with Gasteiger partial charge in [-0.25, -0.2) is 4.57 Å². The van der Waals surface area contributed by atoms with Crippen molar-refractivity contribution in [2.45, 2.75) is 88.1 Å². The molecule has 0 aromatic heterocycles. The maximum absolute atomic E-state index is 13.2. The van der Waals surface area contributed by atoms with Crippen LogP contribution in [0.3, 0.4) is 0 Å². The zero-order valence-corrected chi connectivity index (χ0v) is 25.8. The van der Waals surface area contributed by atoms with Crippen molar-refractivity contribution in [1.29, 1.82) is 0 Å². The maximum Gasteiger partial charge on any atom is 0.472 e. The minimum atomic E-state index is -4.23. The van der Waals surface area contributed by atoms with Crippen molar-refractivity contribution >= 4 is 19.7 Å². The first-order valence-electron chi connectivity index (χ1n) is 13.1. The number of likely N-dealkylation sites (N-methyl/N-ethyl adjacent to an activating group) is 1. The molecule has 0 aliphatic heterocycles. The summed E-state index contributed by atoms with van der Waals surface area (Å²) in [5, 5.41) is 3.16. The van der Waals surface area contributed by atoms with Crippen molar-refractivity contribution in [2.75, 3.05) is 47.0 Å². The van der Waals surface area contributed by atoms with Gasteiger partial charge in [-0.3, -0.25) is 18.6 Å². The quantitative estimate of drug-likeness (QED) is 0.126. The Bertz CT molecular complexity index is 762. The molecule has 0 aromatic rings. The second-order valence-corrected chi connectivity index (χ2v) is 14.1. The molecule has 10 heteroatoms. The van der Waals surface area contributed by atoms with Gasteiger partial charge in [0.2, 0.25) is 5.91 Å². The predicted molar refractivity (Wildman–Crippen MR) is 143 cm³/mol. The van der Waals surface area contributed by atoms with E-state index in [-0.39, 0.29) is 43.1 Å². The summed E-state index contributed by atoms with van der Waals surface area (Å²) in [7, 11) is -0.230. The topological polar surface area (TPSA) is 111 Å². The van der Waals surface area contributed by atoms with Crippen LogP contribution < -0.4 is 5.32 Å². The average Bonchev–Trinajstić information content (AvgIpc) is 2.74. The first-order valence-corrected chi connectivity index (χ1v) is 14.5. The molecular weight excluding hydrogens is 483 g/mol. The van der Waals surface area contributed by atoms with Gasteiger partial charge in [0.05, 0.1) is 32.7 Å². The van der Waals surface area contributed by atoms with Crippen molar-refractivity contribution in [3.05, 3.63) is 0 Å². The Morgan fingerprint density at radius 3 is 1.94 bits per heavy atom. The molecule has 36 heavy (non-hydrogen) atoms. The molecule has 0 bridgehead atoms. The number of quaternary nitrogens is 1. The summed E-state index contributed by atoms with van der Waals surface area (Å²) in [6, 6.07) is -0.141. The first kappa shape index (κ1) is 35.0. The number of nitrogens with one attached hydrogen (secondary N) is 1. The number of ether oxygens (including phenoxy) is 1. The molecule has 1 amide bonds. The molecule has 9 nitrogen and oxygen atoms in total. The van der Waals surface area contributed by atoms with Crippen LogP contribution in [0.25, 0.3) is 0 Å². The van der Waals surface area contributed by atoms with Crippen LogP contribution in [0.5, 0.6) is 0 Å². The molecule has 0 saturated carbocycles. The highest BCUT2D eigenvalue weighted by Crippen LogP contribution is 2.48. The second-order valence-electron chi connectivity index (χ2n) is 12.6. The maximum atomic E-state index is 13.2. The van der Waals surface area contributed by atoms with E-state index in [0.29, 0.717) is 23.9 Å². The summed E-state index contributed by atoms with van der Waals surface area (Å²) in [5.41, 5.74) is -1.56. The number of nitrogens with zero attached hydrogens (tertiary/aromatic N) is 1. The Morgan fingerprint density at radius 2 is 1.50 bits per heavy atom. The minimum absolute atomic E-state index is 0.0171. The van der Waals surface area contributed by atoms with E-state index in [1.54, 1.807) is 0 Å². The summed E-state index contributed by atoms with van der Waals surface area (Å²) < 4.78 is 28.3. The highest BCUT2D eigenvalue weighted by Gasteiger charge is 2.49. The second kappa shape index (κ2) is 13.7. The predicted octanol–water partition coefficient (Wildman–Crippen LogP) is 4.78. The van der Waals surface area contributed by atoms with E-state index < -0.39 is 24.6 Å². The zero-order valence-electron chi connectivity index (χ0n) is 24.9. The van der Waals surface area contributed by atoms with Crippen LogP contribution in [0.1, 0.15) is 82.1 Å². The highest BCUT2D eigenvalue weighted by molar-refractivity contribution is 7.47. The third kappa shape index (κ3) is 11.2. The van der Waals surface area contributed by atoms with E-state index >= 15 is 0 Å². The van der Waals surface area contributed by atoms with Gasteiger partial charge in [0.15, 0.2) is 0 Å². The SMILES string of the molecule is CCC(C)(C(=O)OCCOP(=O)(O)OCC[N+](C)(C)CC)C(C)(C)CC(NC(=O)C(C)C)C(C)(C)C. The Labute approximate surface area is 219 Å². The van der Waals surface area contributed by atoms with Gasteiger partial charge in [-0.1, -0.05) is 55.4 Å². The average molecular weight is 538 g/mol. The number of amides is 1. The fourth-order valence-corrected chi connectivity index (χ4v) is 4.28. The molecule has 2 N–H and O–H groups in total. The van der Waals surface area contributed by atoms with Gasteiger partial charge in [0.1, 0.15) is 19.8 Å². The highest BCUT2D eigenvalue weighted by atomic mass is 31.2. The number of carbonyl (C=O) groups excluding carboxylic acids is 2. The van der Waals surface area contributed by atoms with Crippen LogP contribution in [0.15, 0.2) is 0 Å². The number of phosphoric ester groups is 1. The lowest BCUT2D eigenvalue weighted by molar-refractivity contribution is -0.888. The summed E-state index contributed by atoms with van der Waals surface area (Å²) in [6.07, 6.45) is 1.11. The number of esters is 1. The standard InChI is InChI=1S/C26H53N2O7P/c1-13-26(10,25(8,9)19-21(24(5,6)7)27-22(29)20(3)4)23(30)33-17-18-35-36(31,32)34-16-15-28(11,12)14-2/h20-21H,13-19H2,1-12H3,(H-,27,29,31,32)/p+1. The molecule has 0 fully saturated rings. The van der Waals surface area contributed by atoms with Crippen molar-refractivity contribution in [3.63, 3.8) is 0 Å². The van der Waals surface area contributed by atoms with Crippen LogP contribution in [-0.2, 0) is 27.9 Å². The summed E-state index contributed by atoms with van der Waals surface area (Å²) >= 11 is 0. The van der Waals surface area contributed by atoms with Gasteiger partial charge < -0.3 is 19.4 Å². The lowest BCUT2D eigenvalue weighted by atomic mass is 9.60. The van der Waals surface area contributed by atoms with Gasteiger partial charge in [0.25, 0.3) is 0 Å². The van der Waals surface area contributed by atoms with Crippen LogP contribution in [0, 0.1) is 22.2 Å². The van der Waals surface area contributed by atoms with Crippen LogP contribution in [0.4, 0.5) is 0 Å². The number of hydrogen-bond acceptors (Lipinski definition) is 6. The van der Waals surface area contributed by atoms with Crippen molar-refractivity contribution < 1.29 is 37.3 Å². The number of phosphoric acid groups is 1. The van der Waals surface area contributed by atoms with Gasteiger partial charge >= 0.3 is 13.8 Å². The molecule has 0 aliphatic carbocycles. The zero-order chi connectivity index (χ0) is 28.6. The third-order valence-corrected chi connectivity index (χ3v) is 8.65. The minimum Gasteiger partial charge on any atom is -0.463 e. The molecule has 3 unspecified atom stereocenters. The Kier molecular flexibility index (Phi) is 13.3. The lowest BCUT2D eigenvalue weighted by Crippen LogP contribution is -2.52. The van der Waals surface area contributed by atoms with E-state index in [1.165, 1.54) is 0 Å². The van der Waals surface area contributed by atoms with E-state index in [1.807, 2.05) is 62.6 Å². The van der Waals surface area contributed by atoms with Crippen LogP contribution in [0.2, 0.25) is 0 Å². The fourth-order valence-electron chi connectivity index (χ4n) is 3.59. The molecule has 0 heterocycles. The largest absolute Gasteiger partial charge is 0.472 e. The van der Waals surface area contributed by atoms with E-state index in [0.717, 1.165) is 6.54 Å². The Hall–Kier alpha value is -0.990. The van der Waals surface area contributed by atoms with E-state index in [9.17, 15) is 19.0 Å². The molecule has 0 radical (unpaired) electrons. The molecule has 0 saturated heterocycles. The fraction of sp³-hybridized carbons (Fsp3) is 0.923. The molecular formula is C26H54N2O7P+. The summed E-state index contributed by atoms with van der Waals surface area (Å²) in [6.45, 7) is 20.9. The van der Waals surface area contributed by atoms with Crippen molar-refractivity contribution in [2.24, 2.45) is 22.2 Å². The number of rotatable bonds is 16. The van der Waals surface area contributed by atoms with Gasteiger partial charge in [-0.05, 0) is 37.5 Å². The van der Waals surface area contributed by atoms with Crippen LogP contribution in [-0.4, -0.2) is 74.3 Å². The smallest absolute Gasteiger partial charge is 0.463 e. The Morgan fingerprint density at radius 1 is 0.972 bits per heavy atom. The summed E-state index contributed by atoms with van der Waals surface area (Å²) in [5.74, 6) is -0.558. The van der Waals surface area contributed by atoms with Gasteiger partial charge in [-0.15, -0.1) is 0 Å². The Balaban J connectivity index is 5.14. The third-order valence-electron chi connectivity index (χ3n) is 7.63.